The second-order valence-electron chi connectivity index (χ2n) is 4.28. The highest BCUT2D eigenvalue weighted by molar-refractivity contribution is 7.22. The predicted octanol–water partition coefficient (Wildman–Crippen LogP) is 4.04. The van der Waals surface area contributed by atoms with Gasteiger partial charge in [0.1, 0.15) is 5.75 Å². The molecule has 108 valence electrons. The maximum atomic E-state index is 11.7. The van der Waals surface area contributed by atoms with Crippen LogP contribution in [-0.4, -0.2) is 23.4 Å². The Morgan fingerprint density at radius 3 is 3.05 bits per heavy atom. The zero-order valence-electron chi connectivity index (χ0n) is 11.3. The molecule has 0 radical (unpaired) electrons. The maximum absolute atomic E-state index is 11.7. The predicted molar refractivity (Wildman–Crippen MR) is 84.0 cm³/mol. The smallest absolute Gasteiger partial charge is 0.226 e. The van der Waals surface area contributed by atoms with Gasteiger partial charge in [0.15, 0.2) is 5.13 Å². The standard InChI is InChI=1S/C14H17ClN2O2S/c1-2-19-10-6-7-11-12(9-10)20-14(16-11)17-13(18)5-3-4-8-15/h6-7,9H,2-5,8H2,1H3,(H,16,17,18). The molecule has 0 saturated carbocycles. The SMILES string of the molecule is CCOc1ccc2nc(NC(=O)CCCCCl)sc2c1. The van der Waals surface area contributed by atoms with Crippen LogP contribution in [0.25, 0.3) is 10.2 Å². The fraction of sp³-hybridized carbons (Fsp3) is 0.429. The lowest BCUT2D eigenvalue weighted by Gasteiger charge is -2.00. The summed E-state index contributed by atoms with van der Waals surface area (Å²) in [5.74, 6) is 1.40. The molecule has 1 aromatic heterocycles. The minimum absolute atomic E-state index is 0.0146. The Kier molecular flexibility index (Phi) is 5.61. The Balaban J connectivity index is 2.02. The van der Waals surface area contributed by atoms with Crippen molar-refractivity contribution in [3.8, 4) is 5.75 Å². The molecule has 2 rings (SSSR count). The van der Waals surface area contributed by atoms with Crippen molar-refractivity contribution in [3.05, 3.63) is 18.2 Å². The van der Waals surface area contributed by atoms with Gasteiger partial charge < -0.3 is 10.1 Å². The van der Waals surface area contributed by atoms with Crippen molar-refractivity contribution in [1.82, 2.24) is 4.98 Å². The Bertz CT molecular complexity index is 586. The van der Waals surface area contributed by atoms with Gasteiger partial charge in [0.25, 0.3) is 0 Å². The molecule has 0 aliphatic rings. The van der Waals surface area contributed by atoms with Crippen LogP contribution in [0.2, 0.25) is 0 Å². The zero-order chi connectivity index (χ0) is 14.4. The Labute approximate surface area is 127 Å². The number of hydrogen-bond acceptors (Lipinski definition) is 4. The quantitative estimate of drug-likeness (QED) is 0.620. The lowest BCUT2D eigenvalue weighted by molar-refractivity contribution is -0.116. The molecule has 0 bridgehead atoms. The number of benzene rings is 1. The Morgan fingerprint density at radius 1 is 1.45 bits per heavy atom. The van der Waals surface area contributed by atoms with Crippen LogP contribution in [0, 0.1) is 0 Å². The number of carbonyl (C=O) groups is 1. The van der Waals surface area contributed by atoms with Crippen LogP contribution in [0.4, 0.5) is 5.13 Å². The molecule has 1 N–H and O–H groups in total. The fourth-order valence-electron chi connectivity index (χ4n) is 1.78. The number of amides is 1. The van der Waals surface area contributed by atoms with Crippen LogP contribution in [0.3, 0.4) is 0 Å². The van der Waals surface area contributed by atoms with Gasteiger partial charge in [0.05, 0.1) is 16.8 Å². The first-order valence-electron chi connectivity index (χ1n) is 6.62. The summed E-state index contributed by atoms with van der Waals surface area (Å²) < 4.78 is 6.46. The summed E-state index contributed by atoms with van der Waals surface area (Å²) in [7, 11) is 0. The van der Waals surface area contributed by atoms with Crippen LogP contribution in [0.15, 0.2) is 18.2 Å². The molecular weight excluding hydrogens is 296 g/mol. The van der Waals surface area contributed by atoms with Gasteiger partial charge in [-0.05, 0) is 38.0 Å². The summed E-state index contributed by atoms with van der Waals surface area (Å²) >= 11 is 7.04. The first kappa shape index (κ1) is 15.1. The first-order valence-corrected chi connectivity index (χ1v) is 7.97. The zero-order valence-corrected chi connectivity index (χ0v) is 12.9. The number of nitrogens with zero attached hydrogens (tertiary/aromatic N) is 1. The molecule has 1 amide bonds. The van der Waals surface area contributed by atoms with E-state index in [-0.39, 0.29) is 5.91 Å². The van der Waals surface area contributed by atoms with E-state index in [0.29, 0.717) is 24.0 Å². The molecular formula is C14H17ClN2O2S. The van der Waals surface area contributed by atoms with E-state index < -0.39 is 0 Å². The summed E-state index contributed by atoms with van der Waals surface area (Å²) in [4.78, 5) is 16.1. The lowest BCUT2D eigenvalue weighted by atomic mass is 10.2. The van der Waals surface area contributed by atoms with E-state index in [1.165, 1.54) is 11.3 Å². The molecule has 0 atom stereocenters. The van der Waals surface area contributed by atoms with Crippen molar-refractivity contribution in [3.63, 3.8) is 0 Å². The topological polar surface area (TPSA) is 51.2 Å². The van der Waals surface area contributed by atoms with Crippen LogP contribution in [0.5, 0.6) is 5.75 Å². The molecule has 1 aromatic carbocycles. The lowest BCUT2D eigenvalue weighted by Crippen LogP contribution is -2.10. The number of aromatic nitrogens is 1. The molecule has 0 saturated heterocycles. The second-order valence-corrected chi connectivity index (χ2v) is 5.68. The minimum atomic E-state index is -0.0146. The average molecular weight is 313 g/mol. The van der Waals surface area contributed by atoms with Crippen molar-refractivity contribution < 1.29 is 9.53 Å². The highest BCUT2D eigenvalue weighted by Crippen LogP contribution is 2.29. The number of ether oxygens (including phenoxy) is 1. The van der Waals surface area contributed by atoms with E-state index in [4.69, 9.17) is 16.3 Å². The third-order valence-electron chi connectivity index (χ3n) is 2.70. The largest absolute Gasteiger partial charge is 0.494 e. The maximum Gasteiger partial charge on any atom is 0.226 e. The number of fused-ring (bicyclic) bond motifs is 1. The van der Waals surface area contributed by atoms with Gasteiger partial charge in [-0.25, -0.2) is 4.98 Å². The molecule has 0 aliphatic heterocycles. The number of rotatable bonds is 7. The van der Waals surface area contributed by atoms with E-state index in [1.807, 2.05) is 25.1 Å². The van der Waals surface area contributed by atoms with Crippen LogP contribution >= 0.6 is 22.9 Å². The van der Waals surface area contributed by atoms with E-state index in [0.717, 1.165) is 28.8 Å². The van der Waals surface area contributed by atoms with Crippen LogP contribution in [-0.2, 0) is 4.79 Å². The van der Waals surface area contributed by atoms with Gasteiger partial charge in [0, 0.05) is 12.3 Å². The normalized spacial score (nSPS) is 10.7. The third-order valence-corrected chi connectivity index (χ3v) is 3.91. The Hall–Kier alpha value is -1.33. The van der Waals surface area contributed by atoms with E-state index >= 15 is 0 Å². The monoisotopic (exact) mass is 312 g/mol. The summed E-state index contributed by atoms with van der Waals surface area (Å²) in [6.45, 7) is 2.58. The second kappa shape index (κ2) is 7.45. The molecule has 4 nitrogen and oxygen atoms in total. The van der Waals surface area contributed by atoms with Crippen molar-refractivity contribution in [2.75, 3.05) is 17.8 Å². The van der Waals surface area contributed by atoms with Gasteiger partial charge in [0.2, 0.25) is 5.91 Å². The van der Waals surface area contributed by atoms with Gasteiger partial charge in [-0.1, -0.05) is 11.3 Å². The molecule has 6 heteroatoms. The molecule has 0 aliphatic carbocycles. The van der Waals surface area contributed by atoms with E-state index in [2.05, 4.69) is 10.3 Å². The summed E-state index contributed by atoms with van der Waals surface area (Å²) in [6.07, 6.45) is 2.13. The number of anilines is 1. The van der Waals surface area contributed by atoms with Gasteiger partial charge in [-0.15, -0.1) is 11.6 Å². The van der Waals surface area contributed by atoms with Crippen molar-refractivity contribution in [2.24, 2.45) is 0 Å². The van der Waals surface area contributed by atoms with E-state index in [9.17, 15) is 4.79 Å². The highest BCUT2D eigenvalue weighted by Gasteiger charge is 2.08. The molecule has 0 spiro atoms. The Morgan fingerprint density at radius 2 is 2.30 bits per heavy atom. The minimum Gasteiger partial charge on any atom is -0.494 e. The summed E-state index contributed by atoms with van der Waals surface area (Å²) in [5.41, 5.74) is 0.870. The molecule has 20 heavy (non-hydrogen) atoms. The van der Waals surface area contributed by atoms with Crippen molar-refractivity contribution in [1.29, 1.82) is 0 Å². The number of carbonyl (C=O) groups excluding carboxylic acids is 1. The van der Waals surface area contributed by atoms with Gasteiger partial charge >= 0.3 is 0 Å². The van der Waals surface area contributed by atoms with Crippen LogP contribution < -0.4 is 10.1 Å². The fourth-order valence-corrected chi connectivity index (χ4v) is 2.88. The average Bonchev–Trinajstić information content (AvgIpc) is 2.80. The molecule has 1 heterocycles. The first-order chi connectivity index (χ1) is 9.72. The molecule has 0 unspecified atom stereocenters. The number of thiazole rings is 1. The van der Waals surface area contributed by atoms with Crippen molar-refractivity contribution >= 4 is 44.2 Å². The number of unbranched alkanes of at least 4 members (excludes halogenated alkanes) is 1. The highest BCUT2D eigenvalue weighted by atomic mass is 35.5. The van der Waals surface area contributed by atoms with Gasteiger partial charge in [-0.3, -0.25) is 4.79 Å². The summed E-state index contributed by atoms with van der Waals surface area (Å²) in [5, 5.41) is 3.46. The summed E-state index contributed by atoms with van der Waals surface area (Å²) in [6, 6.07) is 5.73. The third kappa shape index (κ3) is 4.08. The number of alkyl halides is 1. The molecule has 2 aromatic rings. The van der Waals surface area contributed by atoms with Crippen molar-refractivity contribution in [2.45, 2.75) is 26.2 Å². The number of nitrogens with one attached hydrogen (secondary N) is 1. The van der Waals surface area contributed by atoms with Crippen LogP contribution in [0.1, 0.15) is 26.2 Å². The molecule has 0 fully saturated rings. The number of hydrogen-bond donors (Lipinski definition) is 1. The van der Waals surface area contributed by atoms with Gasteiger partial charge in [-0.2, -0.15) is 0 Å². The number of halogens is 1. The van der Waals surface area contributed by atoms with E-state index in [1.54, 1.807) is 0 Å².